The van der Waals surface area contributed by atoms with Gasteiger partial charge >= 0.3 is 0 Å². The average Bonchev–Trinajstić information content (AvgIpc) is 3.33. The summed E-state index contributed by atoms with van der Waals surface area (Å²) in [6.45, 7) is 0.854. The fourth-order valence-corrected chi connectivity index (χ4v) is 2.45. The molecule has 1 saturated carbocycles. The molecule has 1 N–H and O–H groups in total. The molecule has 3 rings (SSSR count). The van der Waals surface area contributed by atoms with Gasteiger partial charge < -0.3 is 9.84 Å². The van der Waals surface area contributed by atoms with Gasteiger partial charge in [0.1, 0.15) is 5.75 Å². The van der Waals surface area contributed by atoms with Crippen LogP contribution in [0, 0.1) is 17.8 Å². The monoisotopic (exact) mass is 280 g/mol. The average molecular weight is 280 g/mol. The van der Waals surface area contributed by atoms with Crippen LogP contribution < -0.4 is 4.74 Å². The largest absolute Gasteiger partial charge is 0.492 e. The molecule has 0 amide bonds. The minimum absolute atomic E-state index is 0.0929. The Morgan fingerprint density at radius 2 is 2.00 bits per heavy atom. The molecule has 0 radical (unpaired) electrons. The Kier molecular flexibility index (Phi) is 4.43. The van der Waals surface area contributed by atoms with Crippen LogP contribution in [0.15, 0.2) is 36.4 Å². The fourth-order valence-electron chi connectivity index (χ4n) is 2.45. The molecular formula is C19H20O2. The number of rotatable bonds is 5. The summed E-state index contributed by atoms with van der Waals surface area (Å²) in [4.78, 5) is 0. The van der Waals surface area contributed by atoms with Crippen molar-refractivity contribution in [3.63, 3.8) is 0 Å². The Hall–Kier alpha value is -1.98. The van der Waals surface area contributed by atoms with E-state index in [1.54, 1.807) is 0 Å². The highest BCUT2D eigenvalue weighted by atomic mass is 16.5. The van der Waals surface area contributed by atoms with Gasteiger partial charge in [-0.3, -0.25) is 0 Å². The van der Waals surface area contributed by atoms with Crippen molar-refractivity contribution in [1.82, 2.24) is 0 Å². The molecule has 0 heterocycles. The highest BCUT2D eigenvalue weighted by Gasteiger charge is 2.20. The quantitative estimate of drug-likeness (QED) is 0.845. The van der Waals surface area contributed by atoms with Crippen LogP contribution in [0.5, 0.6) is 5.75 Å². The van der Waals surface area contributed by atoms with Crippen LogP contribution in [0.3, 0.4) is 0 Å². The molecule has 1 aliphatic rings. The summed E-state index contributed by atoms with van der Waals surface area (Å²) in [6.07, 6.45) is 4.33. The van der Waals surface area contributed by atoms with E-state index in [2.05, 4.69) is 30.0 Å². The molecule has 0 bridgehead atoms. The number of ether oxygens (including phenoxy) is 1. The third-order valence-corrected chi connectivity index (χ3v) is 3.82. The zero-order valence-corrected chi connectivity index (χ0v) is 12.1. The van der Waals surface area contributed by atoms with Gasteiger partial charge in [0.05, 0.1) is 18.8 Å². The zero-order chi connectivity index (χ0) is 14.5. The molecule has 2 aromatic rings. The maximum absolute atomic E-state index is 8.90. The summed E-state index contributed by atoms with van der Waals surface area (Å²) in [5, 5.41) is 11.2. The number of hydrogen-bond donors (Lipinski definition) is 1. The van der Waals surface area contributed by atoms with Gasteiger partial charge in [0.25, 0.3) is 0 Å². The van der Waals surface area contributed by atoms with Crippen molar-refractivity contribution >= 4 is 10.8 Å². The van der Waals surface area contributed by atoms with Crippen LogP contribution >= 0.6 is 0 Å². The summed E-state index contributed by atoms with van der Waals surface area (Å²) in [7, 11) is 0. The molecule has 0 spiro atoms. The predicted molar refractivity (Wildman–Crippen MR) is 85.4 cm³/mol. The van der Waals surface area contributed by atoms with Crippen LogP contribution in [0.1, 0.15) is 31.2 Å². The highest BCUT2D eigenvalue weighted by molar-refractivity contribution is 5.90. The molecule has 0 aliphatic heterocycles. The molecule has 2 heteroatoms. The molecule has 0 saturated heterocycles. The first-order chi connectivity index (χ1) is 10.4. The number of aliphatic hydroxyl groups excluding tert-OH is 1. The first-order valence-corrected chi connectivity index (χ1v) is 7.63. The van der Waals surface area contributed by atoms with E-state index in [9.17, 15) is 0 Å². The first kappa shape index (κ1) is 14.0. The SMILES string of the molecule is OCCC#Cc1c(OCCC2CC2)ccc2ccccc12. The van der Waals surface area contributed by atoms with Crippen LogP contribution in [-0.4, -0.2) is 18.3 Å². The van der Waals surface area contributed by atoms with Crippen LogP contribution in [0.4, 0.5) is 0 Å². The van der Waals surface area contributed by atoms with E-state index in [1.807, 2.05) is 18.2 Å². The van der Waals surface area contributed by atoms with E-state index in [-0.39, 0.29) is 6.61 Å². The Labute approximate surface area is 125 Å². The van der Waals surface area contributed by atoms with Crippen molar-refractivity contribution in [2.75, 3.05) is 13.2 Å². The van der Waals surface area contributed by atoms with Gasteiger partial charge in [0.2, 0.25) is 0 Å². The number of aliphatic hydroxyl groups is 1. The second kappa shape index (κ2) is 6.65. The number of benzene rings is 2. The van der Waals surface area contributed by atoms with Crippen molar-refractivity contribution in [2.24, 2.45) is 5.92 Å². The molecule has 21 heavy (non-hydrogen) atoms. The van der Waals surface area contributed by atoms with E-state index in [0.29, 0.717) is 6.42 Å². The van der Waals surface area contributed by atoms with Crippen molar-refractivity contribution in [3.8, 4) is 17.6 Å². The Bertz CT molecular complexity index is 675. The molecule has 1 aliphatic carbocycles. The fraction of sp³-hybridized carbons (Fsp3) is 0.368. The van der Waals surface area contributed by atoms with E-state index in [4.69, 9.17) is 9.84 Å². The smallest absolute Gasteiger partial charge is 0.135 e. The van der Waals surface area contributed by atoms with E-state index in [1.165, 1.54) is 18.2 Å². The standard InChI is InChI=1S/C19H20O2/c20-13-4-3-7-18-17-6-2-1-5-16(17)10-11-19(18)21-14-12-15-8-9-15/h1-2,5-6,10-11,15,20H,4,8-9,12-14H2. The molecule has 108 valence electrons. The number of fused-ring (bicyclic) bond motifs is 1. The van der Waals surface area contributed by atoms with Crippen molar-refractivity contribution in [2.45, 2.75) is 25.7 Å². The summed E-state index contributed by atoms with van der Waals surface area (Å²) >= 11 is 0. The molecular weight excluding hydrogens is 260 g/mol. The Balaban J connectivity index is 1.89. The van der Waals surface area contributed by atoms with Gasteiger partial charge in [-0.1, -0.05) is 55.0 Å². The second-order valence-electron chi connectivity index (χ2n) is 5.52. The molecule has 2 nitrogen and oxygen atoms in total. The van der Waals surface area contributed by atoms with Crippen molar-refractivity contribution in [3.05, 3.63) is 42.0 Å². The summed E-state index contributed by atoms with van der Waals surface area (Å²) in [6, 6.07) is 12.3. The minimum Gasteiger partial charge on any atom is -0.492 e. The molecule has 0 atom stereocenters. The lowest BCUT2D eigenvalue weighted by molar-refractivity contribution is 0.302. The summed E-state index contributed by atoms with van der Waals surface area (Å²) < 4.78 is 5.96. The van der Waals surface area contributed by atoms with Gasteiger partial charge in [-0.25, -0.2) is 0 Å². The topological polar surface area (TPSA) is 29.5 Å². The molecule has 2 aromatic carbocycles. The molecule has 0 unspecified atom stereocenters. The molecule has 0 aromatic heterocycles. The van der Waals surface area contributed by atoms with Gasteiger partial charge in [0, 0.05) is 11.8 Å². The zero-order valence-electron chi connectivity index (χ0n) is 12.1. The maximum Gasteiger partial charge on any atom is 0.135 e. The van der Waals surface area contributed by atoms with Crippen LogP contribution in [0.25, 0.3) is 10.8 Å². The summed E-state index contributed by atoms with van der Waals surface area (Å²) in [5.41, 5.74) is 0.942. The van der Waals surface area contributed by atoms with Gasteiger partial charge in [-0.05, 0) is 23.8 Å². The maximum atomic E-state index is 8.90. The third kappa shape index (κ3) is 3.56. The van der Waals surface area contributed by atoms with Gasteiger partial charge in [-0.2, -0.15) is 0 Å². The lowest BCUT2D eigenvalue weighted by atomic mass is 10.0. The van der Waals surface area contributed by atoms with Crippen LogP contribution in [0.2, 0.25) is 0 Å². The van der Waals surface area contributed by atoms with Gasteiger partial charge in [-0.15, -0.1) is 0 Å². The first-order valence-electron chi connectivity index (χ1n) is 7.63. The minimum atomic E-state index is 0.0929. The Morgan fingerprint density at radius 1 is 1.14 bits per heavy atom. The normalized spacial score (nSPS) is 13.8. The van der Waals surface area contributed by atoms with Gasteiger partial charge in [0.15, 0.2) is 0 Å². The number of hydrogen-bond acceptors (Lipinski definition) is 2. The van der Waals surface area contributed by atoms with E-state index < -0.39 is 0 Å². The van der Waals surface area contributed by atoms with Crippen molar-refractivity contribution in [1.29, 1.82) is 0 Å². The second-order valence-corrected chi connectivity index (χ2v) is 5.52. The van der Waals surface area contributed by atoms with Crippen molar-refractivity contribution < 1.29 is 9.84 Å². The van der Waals surface area contributed by atoms with E-state index in [0.717, 1.165) is 35.6 Å². The Morgan fingerprint density at radius 3 is 2.81 bits per heavy atom. The third-order valence-electron chi connectivity index (χ3n) is 3.82. The predicted octanol–water partition coefficient (Wildman–Crippen LogP) is 3.75. The summed E-state index contributed by atoms with van der Waals surface area (Å²) in [5.74, 6) is 7.92. The lowest BCUT2D eigenvalue weighted by Gasteiger charge is -2.10. The van der Waals surface area contributed by atoms with Crippen LogP contribution in [-0.2, 0) is 0 Å². The molecule has 1 fully saturated rings. The lowest BCUT2D eigenvalue weighted by Crippen LogP contribution is -2.00. The highest BCUT2D eigenvalue weighted by Crippen LogP contribution is 2.33. The van der Waals surface area contributed by atoms with E-state index >= 15 is 0 Å².